The van der Waals surface area contributed by atoms with E-state index in [1.807, 2.05) is 0 Å². The van der Waals surface area contributed by atoms with Crippen LogP contribution in [0.2, 0.25) is 0 Å². The number of nitrogens with zero attached hydrogens (tertiary/aromatic N) is 1. The van der Waals surface area contributed by atoms with Gasteiger partial charge in [0.2, 0.25) is 0 Å². The van der Waals surface area contributed by atoms with Crippen LogP contribution in [0.5, 0.6) is 0 Å². The highest BCUT2D eigenvalue weighted by atomic mass is 16.1. The van der Waals surface area contributed by atoms with E-state index in [2.05, 4.69) is 49.9 Å². The van der Waals surface area contributed by atoms with E-state index in [1.165, 1.54) is 11.1 Å². The normalized spacial score (nSPS) is 38.0. The Balaban J connectivity index is 1.61. The molecular weight excluding hydrogens is 258 g/mol. The summed E-state index contributed by atoms with van der Waals surface area (Å²) in [6.07, 6.45) is 3.24. The van der Waals surface area contributed by atoms with Crippen molar-refractivity contribution in [2.75, 3.05) is 13.1 Å². The van der Waals surface area contributed by atoms with Gasteiger partial charge in [0.25, 0.3) is 0 Å². The van der Waals surface area contributed by atoms with E-state index in [-0.39, 0.29) is 11.0 Å². The SMILES string of the molecule is CC(C)(C)c1ccc([C@@H]2C[C@]23C(=O)C2CCN3CC2)cc1. The third-order valence-corrected chi connectivity index (χ3v) is 5.97. The van der Waals surface area contributed by atoms with Crippen LogP contribution in [0.4, 0.5) is 0 Å². The van der Waals surface area contributed by atoms with Crippen LogP contribution in [0, 0.1) is 5.92 Å². The van der Waals surface area contributed by atoms with Crippen LogP contribution in [0.25, 0.3) is 0 Å². The fourth-order valence-corrected chi connectivity index (χ4v) is 4.53. The van der Waals surface area contributed by atoms with Crippen LogP contribution in [0.15, 0.2) is 24.3 Å². The molecule has 21 heavy (non-hydrogen) atoms. The Morgan fingerprint density at radius 1 is 1.10 bits per heavy atom. The molecule has 3 aliphatic heterocycles. The smallest absolute Gasteiger partial charge is 0.156 e. The molecule has 2 atom stereocenters. The minimum Gasteiger partial charge on any atom is -0.297 e. The Labute approximate surface area is 127 Å². The van der Waals surface area contributed by atoms with E-state index in [0.717, 1.165) is 32.4 Å². The quantitative estimate of drug-likeness (QED) is 0.786. The molecule has 0 radical (unpaired) electrons. The molecule has 2 heteroatoms. The van der Waals surface area contributed by atoms with Crippen molar-refractivity contribution in [2.24, 2.45) is 5.92 Å². The molecule has 4 fully saturated rings. The van der Waals surface area contributed by atoms with Crippen LogP contribution in [0.3, 0.4) is 0 Å². The summed E-state index contributed by atoms with van der Waals surface area (Å²) >= 11 is 0. The third-order valence-electron chi connectivity index (χ3n) is 5.97. The second-order valence-electron chi connectivity index (χ2n) is 8.18. The highest BCUT2D eigenvalue weighted by molar-refractivity contribution is 5.96. The minimum atomic E-state index is -0.107. The number of carbonyl (C=O) groups excluding carboxylic acids is 1. The van der Waals surface area contributed by atoms with Gasteiger partial charge in [0.1, 0.15) is 0 Å². The summed E-state index contributed by atoms with van der Waals surface area (Å²) in [7, 11) is 0. The van der Waals surface area contributed by atoms with Crippen molar-refractivity contribution < 1.29 is 4.79 Å². The maximum absolute atomic E-state index is 12.7. The van der Waals surface area contributed by atoms with E-state index in [0.29, 0.717) is 17.6 Å². The Morgan fingerprint density at radius 3 is 2.24 bits per heavy atom. The van der Waals surface area contributed by atoms with Crippen LogP contribution in [-0.2, 0) is 10.2 Å². The second kappa shape index (κ2) is 4.19. The Kier molecular flexibility index (Phi) is 2.70. The highest BCUT2D eigenvalue weighted by Gasteiger charge is 2.67. The molecule has 1 spiro atoms. The summed E-state index contributed by atoms with van der Waals surface area (Å²) in [6, 6.07) is 9.03. The zero-order chi connectivity index (χ0) is 14.8. The number of Topliss-reactive ketones (excluding diaryl/α,β-unsaturated/α-hetero) is 1. The highest BCUT2D eigenvalue weighted by Crippen LogP contribution is 2.61. The molecule has 1 aromatic rings. The number of benzene rings is 1. The van der Waals surface area contributed by atoms with Crippen LogP contribution in [-0.4, -0.2) is 29.3 Å². The van der Waals surface area contributed by atoms with Crippen LogP contribution < -0.4 is 0 Å². The number of ketones is 1. The average Bonchev–Trinajstić information content (AvgIpc) is 3.20. The number of fused-ring (bicyclic) bond motifs is 2. The van der Waals surface area contributed by atoms with Crippen molar-refractivity contribution >= 4 is 5.78 Å². The molecule has 0 N–H and O–H groups in total. The summed E-state index contributed by atoms with van der Waals surface area (Å²) < 4.78 is 0. The van der Waals surface area contributed by atoms with E-state index in [9.17, 15) is 4.79 Å². The minimum absolute atomic E-state index is 0.107. The molecule has 1 saturated carbocycles. The monoisotopic (exact) mass is 283 g/mol. The molecule has 1 aromatic carbocycles. The Bertz CT molecular complexity index is 575. The van der Waals surface area contributed by atoms with Gasteiger partial charge in [-0.1, -0.05) is 45.0 Å². The maximum atomic E-state index is 12.7. The fourth-order valence-electron chi connectivity index (χ4n) is 4.53. The number of hydrogen-bond acceptors (Lipinski definition) is 2. The van der Waals surface area contributed by atoms with Crippen molar-refractivity contribution in [3.8, 4) is 0 Å². The van der Waals surface area contributed by atoms with Crippen molar-refractivity contribution in [3.05, 3.63) is 35.4 Å². The number of hydrogen-bond donors (Lipinski definition) is 0. The Hall–Kier alpha value is -1.15. The van der Waals surface area contributed by atoms with Crippen molar-refractivity contribution in [2.45, 2.75) is 56.9 Å². The molecule has 4 aliphatic rings. The lowest BCUT2D eigenvalue weighted by atomic mass is 9.78. The van der Waals surface area contributed by atoms with E-state index in [4.69, 9.17) is 0 Å². The van der Waals surface area contributed by atoms with E-state index in [1.54, 1.807) is 0 Å². The van der Waals surface area contributed by atoms with Crippen molar-refractivity contribution in [3.63, 3.8) is 0 Å². The van der Waals surface area contributed by atoms with Gasteiger partial charge in [0.05, 0.1) is 5.54 Å². The third kappa shape index (κ3) is 1.85. The van der Waals surface area contributed by atoms with Gasteiger partial charge >= 0.3 is 0 Å². The first-order valence-electron chi connectivity index (χ1n) is 8.33. The van der Waals surface area contributed by atoms with Crippen LogP contribution >= 0.6 is 0 Å². The molecular formula is C19H25NO. The summed E-state index contributed by atoms with van der Waals surface area (Å²) in [5.41, 5.74) is 2.83. The van der Waals surface area contributed by atoms with Gasteiger partial charge in [0, 0.05) is 11.8 Å². The summed E-state index contributed by atoms with van der Waals surface area (Å²) in [5.74, 6) is 1.35. The maximum Gasteiger partial charge on any atom is 0.156 e. The van der Waals surface area contributed by atoms with Gasteiger partial charge in [-0.15, -0.1) is 0 Å². The molecule has 5 rings (SSSR count). The second-order valence-corrected chi connectivity index (χ2v) is 8.18. The average molecular weight is 283 g/mol. The zero-order valence-corrected chi connectivity index (χ0v) is 13.4. The molecule has 3 saturated heterocycles. The molecule has 0 amide bonds. The summed E-state index contributed by atoms with van der Waals surface area (Å²) in [4.78, 5) is 15.2. The van der Waals surface area contributed by atoms with Crippen molar-refractivity contribution in [1.29, 1.82) is 0 Å². The predicted molar refractivity (Wildman–Crippen MR) is 84.5 cm³/mol. The molecule has 3 heterocycles. The Morgan fingerprint density at radius 2 is 1.71 bits per heavy atom. The first kappa shape index (κ1) is 13.5. The topological polar surface area (TPSA) is 20.3 Å². The molecule has 0 aromatic heterocycles. The van der Waals surface area contributed by atoms with Gasteiger partial charge in [-0.2, -0.15) is 0 Å². The number of piperidine rings is 3. The van der Waals surface area contributed by atoms with Gasteiger partial charge in [0.15, 0.2) is 5.78 Å². The summed E-state index contributed by atoms with van der Waals surface area (Å²) in [5, 5.41) is 0. The molecule has 0 unspecified atom stereocenters. The lowest BCUT2D eigenvalue weighted by Gasteiger charge is -2.45. The fraction of sp³-hybridized carbons (Fsp3) is 0.632. The first-order chi connectivity index (χ1) is 9.93. The standard InChI is InChI=1S/C19H25NO/c1-18(2,3)15-6-4-13(5-7-15)16-12-19(16)17(21)14-8-10-20(19)11-9-14/h4-7,14,16H,8-12H2,1-3H3/t16-,19+/m0/s1. The molecule has 112 valence electrons. The molecule has 1 aliphatic carbocycles. The van der Waals surface area contributed by atoms with E-state index < -0.39 is 0 Å². The number of rotatable bonds is 1. The number of carbonyl (C=O) groups is 1. The lowest BCUT2D eigenvalue weighted by molar-refractivity contribution is -0.139. The predicted octanol–water partition coefficient (Wildman–Crippen LogP) is 3.50. The summed E-state index contributed by atoms with van der Waals surface area (Å²) in [6.45, 7) is 9.00. The van der Waals surface area contributed by atoms with Gasteiger partial charge in [-0.05, 0) is 48.9 Å². The van der Waals surface area contributed by atoms with Crippen molar-refractivity contribution in [1.82, 2.24) is 4.90 Å². The van der Waals surface area contributed by atoms with Gasteiger partial charge in [-0.25, -0.2) is 0 Å². The van der Waals surface area contributed by atoms with Crippen LogP contribution in [0.1, 0.15) is 57.1 Å². The van der Waals surface area contributed by atoms with E-state index >= 15 is 0 Å². The van der Waals surface area contributed by atoms with Gasteiger partial charge in [-0.3, -0.25) is 9.69 Å². The molecule has 2 bridgehead atoms. The lowest BCUT2D eigenvalue weighted by Crippen LogP contribution is -2.58. The first-order valence-corrected chi connectivity index (χ1v) is 8.33. The molecule has 2 nitrogen and oxygen atoms in total. The van der Waals surface area contributed by atoms with Gasteiger partial charge < -0.3 is 0 Å². The zero-order valence-electron chi connectivity index (χ0n) is 13.4. The largest absolute Gasteiger partial charge is 0.297 e.